The van der Waals surface area contributed by atoms with Gasteiger partial charge in [0.25, 0.3) is 15.9 Å². The van der Waals surface area contributed by atoms with Crippen LogP contribution in [-0.2, 0) is 10.0 Å². The fourth-order valence-corrected chi connectivity index (χ4v) is 3.72. The molecule has 0 spiro atoms. The molecule has 0 saturated carbocycles. The molecule has 108 valence electrons. The molecule has 2 aromatic carbocycles. The first-order valence-electron chi connectivity index (χ1n) is 6.16. The first kappa shape index (κ1) is 13.9. The fraction of sp³-hybridized carbons (Fsp3) is 0.0714. The van der Waals surface area contributed by atoms with Crippen LogP contribution in [0.1, 0.15) is 10.4 Å². The summed E-state index contributed by atoms with van der Waals surface area (Å²) in [5, 5.41) is 3.48. The standard InChI is InChI=1S/C14H11ClN2O3S/c15-10-5-7-11(8-6-10)16-9-17-14(18)12-3-1-2-4-13(12)21(17,19)20/h1-8,16H,9H2. The quantitative estimate of drug-likeness (QED) is 0.943. The van der Waals surface area contributed by atoms with Crippen molar-refractivity contribution in [3.8, 4) is 0 Å². The number of amides is 1. The number of benzene rings is 2. The van der Waals surface area contributed by atoms with Gasteiger partial charge in [-0.3, -0.25) is 4.79 Å². The van der Waals surface area contributed by atoms with Gasteiger partial charge in [-0.25, -0.2) is 12.7 Å². The summed E-state index contributed by atoms with van der Waals surface area (Å²) in [6, 6.07) is 13.0. The molecule has 0 aromatic heterocycles. The van der Waals surface area contributed by atoms with Gasteiger partial charge in [-0.05, 0) is 36.4 Å². The normalized spacial score (nSPS) is 15.9. The zero-order valence-electron chi connectivity index (χ0n) is 10.8. The Bertz CT molecular complexity index is 803. The zero-order chi connectivity index (χ0) is 15.0. The highest BCUT2D eigenvalue weighted by Gasteiger charge is 2.40. The van der Waals surface area contributed by atoms with Crippen molar-refractivity contribution in [3.05, 3.63) is 59.1 Å². The zero-order valence-corrected chi connectivity index (χ0v) is 12.4. The highest BCUT2D eigenvalue weighted by molar-refractivity contribution is 7.90. The van der Waals surface area contributed by atoms with Gasteiger partial charge in [0.2, 0.25) is 0 Å². The lowest BCUT2D eigenvalue weighted by Gasteiger charge is -2.16. The molecule has 1 amide bonds. The van der Waals surface area contributed by atoms with Crippen LogP contribution in [0.3, 0.4) is 0 Å². The summed E-state index contributed by atoms with van der Waals surface area (Å²) in [6.07, 6.45) is 0. The van der Waals surface area contributed by atoms with Crippen molar-refractivity contribution in [3.63, 3.8) is 0 Å². The molecule has 1 aliphatic rings. The summed E-state index contributed by atoms with van der Waals surface area (Å²) >= 11 is 5.78. The fourth-order valence-electron chi connectivity index (χ4n) is 2.12. The van der Waals surface area contributed by atoms with Crippen molar-refractivity contribution in [2.45, 2.75) is 4.90 Å². The molecule has 0 fully saturated rings. The minimum atomic E-state index is -3.78. The molecular formula is C14H11ClN2O3S. The maximum atomic E-state index is 12.3. The van der Waals surface area contributed by atoms with Crippen molar-refractivity contribution in [1.82, 2.24) is 4.31 Å². The Morgan fingerprint density at radius 2 is 1.71 bits per heavy atom. The third kappa shape index (κ3) is 2.36. The average molecular weight is 323 g/mol. The minimum absolute atomic E-state index is 0.0490. The van der Waals surface area contributed by atoms with Gasteiger partial charge in [-0.1, -0.05) is 23.7 Å². The van der Waals surface area contributed by atoms with E-state index in [9.17, 15) is 13.2 Å². The van der Waals surface area contributed by atoms with Crippen LogP contribution in [0, 0.1) is 0 Å². The van der Waals surface area contributed by atoms with Gasteiger partial charge in [-0.15, -0.1) is 0 Å². The lowest BCUT2D eigenvalue weighted by molar-refractivity contribution is 0.0877. The topological polar surface area (TPSA) is 66.5 Å². The van der Waals surface area contributed by atoms with Gasteiger partial charge in [-0.2, -0.15) is 0 Å². The first-order chi connectivity index (χ1) is 10.00. The monoisotopic (exact) mass is 322 g/mol. The number of hydrogen-bond donors (Lipinski definition) is 1. The van der Waals surface area contributed by atoms with E-state index in [0.717, 1.165) is 4.31 Å². The molecule has 1 N–H and O–H groups in total. The van der Waals surface area contributed by atoms with Gasteiger partial charge in [0, 0.05) is 10.7 Å². The number of anilines is 1. The molecule has 0 unspecified atom stereocenters. The van der Waals surface area contributed by atoms with E-state index in [-0.39, 0.29) is 17.1 Å². The van der Waals surface area contributed by atoms with E-state index in [1.807, 2.05) is 0 Å². The number of nitrogens with zero attached hydrogens (tertiary/aromatic N) is 1. The van der Waals surface area contributed by atoms with Crippen molar-refractivity contribution >= 4 is 33.2 Å². The molecule has 7 heteroatoms. The number of halogens is 1. The van der Waals surface area contributed by atoms with Crippen LogP contribution >= 0.6 is 11.6 Å². The SMILES string of the molecule is O=C1c2ccccc2S(=O)(=O)N1CNc1ccc(Cl)cc1. The molecule has 21 heavy (non-hydrogen) atoms. The Labute approximate surface area is 127 Å². The number of hydrogen-bond acceptors (Lipinski definition) is 4. The minimum Gasteiger partial charge on any atom is -0.367 e. The van der Waals surface area contributed by atoms with Crippen LogP contribution in [0.5, 0.6) is 0 Å². The Kier molecular flexibility index (Phi) is 3.35. The van der Waals surface area contributed by atoms with Gasteiger partial charge in [0.05, 0.1) is 5.56 Å². The number of fused-ring (bicyclic) bond motifs is 1. The van der Waals surface area contributed by atoms with E-state index in [2.05, 4.69) is 5.32 Å². The second-order valence-corrected chi connectivity index (χ2v) is 6.76. The summed E-state index contributed by atoms with van der Waals surface area (Å²) in [7, 11) is -3.78. The summed E-state index contributed by atoms with van der Waals surface area (Å²) in [5.41, 5.74) is 0.883. The second kappa shape index (κ2) is 5.05. The van der Waals surface area contributed by atoms with E-state index in [1.54, 1.807) is 36.4 Å². The van der Waals surface area contributed by atoms with Gasteiger partial charge in [0.1, 0.15) is 11.6 Å². The second-order valence-electron chi connectivity index (χ2n) is 4.50. The molecule has 0 radical (unpaired) electrons. The largest absolute Gasteiger partial charge is 0.367 e. The molecule has 0 aliphatic carbocycles. The molecule has 1 heterocycles. The molecule has 3 rings (SSSR count). The smallest absolute Gasteiger partial charge is 0.270 e. The van der Waals surface area contributed by atoms with E-state index in [1.165, 1.54) is 12.1 Å². The van der Waals surface area contributed by atoms with Crippen LogP contribution < -0.4 is 5.32 Å². The van der Waals surface area contributed by atoms with Crippen molar-refractivity contribution in [2.24, 2.45) is 0 Å². The van der Waals surface area contributed by atoms with Gasteiger partial charge >= 0.3 is 0 Å². The van der Waals surface area contributed by atoms with E-state index in [0.29, 0.717) is 10.7 Å². The molecule has 0 atom stereocenters. The van der Waals surface area contributed by atoms with Crippen LogP contribution in [0.25, 0.3) is 0 Å². The molecule has 2 aromatic rings. The number of carbonyl (C=O) groups excluding carboxylic acids is 1. The highest BCUT2D eigenvalue weighted by Crippen LogP contribution is 2.29. The van der Waals surface area contributed by atoms with Crippen molar-refractivity contribution < 1.29 is 13.2 Å². The number of nitrogens with one attached hydrogen (secondary N) is 1. The lowest BCUT2D eigenvalue weighted by atomic mass is 10.2. The first-order valence-corrected chi connectivity index (χ1v) is 7.97. The number of carbonyl (C=O) groups is 1. The summed E-state index contributed by atoms with van der Waals surface area (Å²) in [5.74, 6) is -0.521. The molecule has 0 bridgehead atoms. The highest BCUT2D eigenvalue weighted by atomic mass is 35.5. The maximum Gasteiger partial charge on any atom is 0.270 e. The predicted octanol–water partition coefficient (Wildman–Crippen LogP) is 2.55. The summed E-state index contributed by atoms with van der Waals surface area (Å²) in [6.45, 7) is -0.128. The predicted molar refractivity (Wildman–Crippen MR) is 79.7 cm³/mol. The maximum absolute atomic E-state index is 12.3. The Morgan fingerprint density at radius 3 is 2.38 bits per heavy atom. The molecule has 1 aliphatic heterocycles. The van der Waals surface area contributed by atoms with Crippen molar-refractivity contribution in [1.29, 1.82) is 0 Å². The molecule has 5 nitrogen and oxygen atoms in total. The summed E-state index contributed by atoms with van der Waals surface area (Å²) < 4.78 is 25.5. The Balaban J connectivity index is 1.84. The average Bonchev–Trinajstić information content (AvgIpc) is 2.67. The van der Waals surface area contributed by atoms with E-state index < -0.39 is 15.9 Å². The van der Waals surface area contributed by atoms with Crippen LogP contribution in [-0.4, -0.2) is 25.3 Å². The number of sulfonamides is 1. The Hall–Kier alpha value is -2.05. The Morgan fingerprint density at radius 1 is 1.05 bits per heavy atom. The molecule has 0 saturated heterocycles. The van der Waals surface area contributed by atoms with Gasteiger partial charge in [0.15, 0.2) is 0 Å². The van der Waals surface area contributed by atoms with E-state index in [4.69, 9.17) is 11.6 Å². The third-order valence-electron chi connectivity index (χ3n) is 3.18. The molecular weight excluding hydrogens is 312 g/mol. The lowest BCUT2D eigenvalue weighted by Crippen LogP contribution is -2.34. The van der Waals surface area contributed by atoms with Crippen LogP contribution in [0.4, 0.5) is 5.69 Å². The third-order valence-corrected chi connectivity index (χ3v) is 5.22. The van der Waals surface area contributed by atoms with E-state index >= 15 is 0 Å². The summed E-state index contributed by atoms with van der Waals surface area (Å²) in [4.78, 5) is 12.2. The van der Waals surface area contributed by atoms with Crippen LogP contribution in [0.2, 0.25) is 5.02 Å². The van der Waals surface area contributed by atoms with Crippen molar-refractivity contribution in [2.75, 3.05) is 12.0 Å². The van der Waals surface area contributed by atoms with Crippen LogP contribution in [0.15, 0.2) is 53.4 Å². The van der Waals surface area contributed by atoms with Gasteiger partial charge < -0.3 is 5.32 Å². The number of rotatable bonds is 3.